The Hall–Kier alpha value is -2.76. The predicted octanol–water partition coefficient (Wildman–Crippen LogP) is 2.76. The Kier molecular flexibility index (Phi) is 4.32. The van der Waals surface area contributed by atoms with Gasteiger partial charge < -0.3 is 5.32 Å². The van der Waals surface area contributed by atoms with E-state index in [1.165, 1.54) is 12.1 Å². The average molecular weight is 312 g/mol. The van der Waals surface area contributed by atoms with Crippen LogP contribution >= 0.6 is 0 Å². The first-order chi connectivity index (χ1) is 11.2. The van der Waals surface area contributed by atoms with E-state index in [2.05, 4.69) is 15.6 Å². The molecule has 0 spiro atoms. The molecule has 0 saturated heterocycles. The van der Waals surface area contributed by atoms with Crippen molar-refractivity contribution in [2.45, 2.75) is 19.9 Å². The SMILES string of the molecule is CCCNC(=O)c1ccc2c(c1)nnn2Cc1ccc(F)cc1. The topological polar surface area (TPSA) is 59.8 Å². The Morgan fingerprint density at radius 1 is 1.22 bits per heavy atom. The Balaban J connectivity index is 1.83. The number of nitrogens with one attached hydrogen (secondary N) is 1. The van der Waals surface area contributed by atoms with Crippen LogP contribution in [0.2, 0.25) is 0 Å². The van der Waals surface area contributed by atoms with Crippen LogP contribution in [0.15, 0.2) is 42.5 Å². The van der Waals surface area contributed by atoms with Gasteiger partial charge in [0.25, 0.3) is 5.91 Å². The monoisotopic (exact) mass is 312 g/mol. The van der Waals surface area contributed by atoms with Crippen LogP contribution in [0.4, 0.5) is 4.39 Å². The normalized spacial score (nSPS) is 10.9. The molecule has 1 N–H and O–H groups in total. The molecular formula is C17H17FN4O. The summed E-state index contributed by atoms with van der Waals surface area (Å²) >= 11 is 0. The Morgan fingerprint density at radius 3 is 2.74 bits per heavy atom. The smallest absolute Gasteiger partial charge is 0.251 e. The van der Waals surface area contributed by atoms with Gasteiger partial charge in [-0.2, -0.15) is 0 Å². The zero-order valence-corrected chi connectivity index (χ0v) is 12.8. The van der Waals surface area contributed by atoms with Crippen LogP contribution in [-0.2, 0) is 6.54 Å². The molecule has 0 atom stereocenters. The van der Waals surface area contributed by atoms with E-state index in [0.29, 0.717) is 24.2 Å². The second-order valence-corrected chi connectivity index (χ2v) is 5.33. The van der Waals surface area contributed by atoms with Crippen molar-refractivity contribution >= 4 is 16.9 Å². The maximum Gasteiger partial charge on any atom is 0.251 e. The number of rotatable bonds is 5. The van der Waals surface area contributed by atoms with Crippen LogP contribution < -0.4 is 5.32 Å². The minimum Gasteiger partial charge on any atom is -0.352 e. The standard InChI is InChI=1S/C17H17FN4O/c1-2-9-19-17(23)13-5-8-16-15(10-13)20-21-22(16)11-12-3-6-14(18)7-4-12/h3-8,10H,2,9,11H2,1H3,(H,19,23). The number of hydrogen-bond donors (Lipinski definition) is 1. The first kappa shape index (κ1) is 15.1. The molecule has 0 saturated carbocycles. The van der Waals surface area contributed by atoms with Gasteiger partial charge in [-0.25, -0.2) is 9.07 Å². The lowest BCUT2D eigenvalue weighted by Gasteiger charge is -2.05. The number of aromatic nitrogens is 3. The van der Waals surface area contributed by atoms with E-state index in [9.17, 15) is 9.18 Å². The van der Waals surface area contributed by atoms with Crippen LogP contribution in [0.25, 0.3) is 11.0 Å². The molecule has 0 bridgehead atoms. The molecule has 5 nitrogen and oxygen atoms in total. The lowest BCUT2D eigenvalue weighted by molar-refractivity contribution is 0.0954. The second kappa shape index (κ2) is 6.56. The molecule has 1 aromatic heterocycles. The fraction of sp³-hybridized carbons (Fsp3) is 0.235. The number of halogens is 1. The van der Waals surface area contributed by atoms with Gasteiger partial charge in [-0.15, -0.1) is 5.10 Å². The third-order valence-electron chi connectivity index (χ3n) is 3.56. The Morgan fingerprint density at radius 2 is 2.00 bits per heavy atom. The molecule has 3 aromatic rings. The molecule has 2 aromatic carbocycles. The zero-order valence-electron chi connectivity index (χ0n) is 12.8. The van der Waals surface area contributed by atoms with Gasteiger partial charge in [0.2, 0.25) is 0 Å². The minimum absolute atomic E-state index is 0.109. The molecule has 3 rings (SSSR count). The summed E-state index contributed by atoms with van der Waals surface area (Å²) in [4.78, 5) is 12.0. The largest absolute Gasteiger partial charge is 0.352 e. The van der Waals surface area contributed by atoms with Crippen LogP contribution in [0, 0.1) is 5.82 Å². The number of carbonyl (C=O) groups is 1. The highest BCUT2D eigenvalue weighted by Crippen LogP contribution is 2.15. The highest BCUT2D eigenvalue weighted by Gasteiger charge is 2.10. The van der Waals surface area contributed by atoms with E-state index in [4.69, 9.17) is 0 Å². The number of carbonyl (C=O) groups excluding carboxylic acids is 1. The van der Waals surface area contributed by atoms with E-state index in [0.717, 1.165) is 17.5 Å². The van der Waals surface area contributed by atoms with Crippen molar-refractivity contribution in [3.8, 4) is 0 Å². The first-order valence-corrected chi connectivity index (χ1v) is 7.53. The Labute approximate surface area is 133 Å². The first-order valence-electron chi connectivity index (χ1n) is 7.53. The second-order valence-electron chi connectivity index (χ2n) is 5.33. The lowest BCUT2D eigenvalue weighted by atomic mass is 10.1. The van der Waals surface area contributed by atoms with Crippen LogP contribution in [0.3, 0.4) is 0 Å². The molecule has 6 heteroatoms. The van der Waals surface area contributed by atoms with Crippen molar-refractivity contribution in [2.75, 3.05) is 6.54 Å². The molecule has 0 aliphatic carbocycles. The van der Waals surface area contributed by atoms with Gasteiger partial charge in [-0.3, -0.25) is 4.79 Å². The number of amides is 1. The van der Waals surface area contributed by atoms with Gasteiger partial charge in [0, 0.05) is 12.1 Å². The molecule has 0 aliphatic rings. The quantitative estimate of drug-likeness (QED) is 0.788. The van der Waals surface area contributed by atoms with Crippen molar-refractivity contribution in [3.63, 3.8) is 0 Å². The third kappa shape index (κ3) is 3.36. The fourth-order valence-electron chi connectivity index (χ4n) is 2.33. The van der Waals surface area contributed by atoms with Crippen molar-refractivity contribution in [3.05, 3.63) is 59.4 Å². The number of fused-ring (bicyclic) bond motifs is 1. The summed E-state index contributed by atoms with van der Waals surface area (Å²) in [5.41, 5.74) is 3.00. The lowest BCUT2D eigenvalue weighted by Crippen LogP contribution is -2.23. The van der Waals surface area contributed by atoms with Crippen molar-refractivity contribution < 1.29 is 9.18 Å². The molecular weight excluding hydrogens is 295 g/mol. The number of benzene rings is 2. The summed E-state index contributed by atoms with van der Waals surface area (Å²) in [5, 5.41) is 11.1. The number of hydrogen-bond acceptors (Lipinski definition) is 3. The van der Waals surface area contributed by atoms with E-state index < -0.39 is 0 Å². The summed E-state index contributed by atoms with van der Waals surface area (Å²) in [6, 6.07) is 11.6. The van der Waals surface area contributed by atoms with Gasteiger partial charge in [-0.1, -0.05) is 24.3 Å². The van der Waals surface area contributed by atoms with Gasteiger partial charge in [-0.05, 0) is 42.3 Å². The van der Waals surface area contributed by atoms with Crippen LogP contribution in [0.5, 0.6) is 0 Å². The average Bonchev–Trinajstić information content (AvgIpc) is 2.97. The van der Waals surface area contributed by atoms with Crippen LogP contribution in [-0.4, -0.2) is 27.4 Å². The number of nitrogens with zero attached hydrogens (tertiary/aromatic N) is 3. The fourth-order valence-corrected chi connectivity index (χ4v) is 2.33. The van der Waals surface area contributed by atoms with E-state index in [1.54, 1.807) is 28.9 Å². The van der Waals surface area contributed by atoms with Gasteiger partial charge >= 0.3 is 0 Å². The van der Waals surface area contributed by atoms with E-state index in [1.807, 2.05) is 13.0 Å². The molecule has 1 amide bonds. The highest BCUT2D eigenvalue weighted by molar-refractivity contribution is 5.97. The van der Waals surface area contributed by atoms with Crippen LogP contribution in [0.1, 0.15) is 29.3 Å². The van der Waals surface area contributed by atoms with Crippen molar-refractivity contribution in [1.29, 1.82) is 0 Å². The van der Waals surface area contributed by atoms with Crippen molar-refractivity contribution in [2.24, 2.45) is 0 Å². The summed E-state index contributed by atoms with van der Waals surface area (Å²) in [7, 11) is 0. The Bertz CT molecular complexity index is 826. The van der Waals surface area contributed by atoms with E-state index >= 15 is 0 Å². The molecule has 118 valence electrons. The molecule has 1 heterocycles. The van der Waals surface area contributed by atoms with Gasteiger partial charge in [0.15, 0.2) is 0 Å². The maximum atomic E-state index is 13.0. The van der Waals surface area contributed by atoms with E-state index in [-0.39, 0.29) is 11.7 Å². The van der Waals surface area contributed by atoms with Gasteiger partial charge in [0.05, 0.1) is 12.1 Å². The summed E-state index contributed by atoms with van der Waals surface area (Å²) in [5.74, 6) is -0.373. The summed E-state index contributed by atoms with van der Waals surface area (Å²) in [6.45, 7) is 3.15. The van der Waals surface area contributed by atoms with Crippen molar-refractivity contribution in [1.82, 2.24) is 20.3 Å². The summed E-state index contributed by atoms with van der Waals surface area (Å²) in [6.07, 6.45) is 0.891. The highest BCUT2D eigenvalue weighted by atomic mass is 19.1. The molecule has 0 unspecified atom stereocenters. The molecule has 0 radical (unpaired) electrons. The predicted molar refractivity (Wildman–Crippen MR) is 85.7 cm³/mol. The molecule has 0 fully saturated rings. The minimum atomic E-state index is -0.264. The summed E-state index contributed by atoms with van der Waals surface area (Å²) < 4.78 is 14.7. The van der Waals surface area contributed by atoms with Gasteiger partial charge in [0.1, 0.15) is 11.3 Å². The molecule has 0 aliphatic heterocycles. The molecule has 23 heavy (non-hydrogen) atoms. The maximum absolute atomic E-state index is 13.0. The third-order valence-corrected chi connectivity index (χ3v) is 3.56. The zero-order chi connectivity index (χ0) is 16.2.